The van der Waals surface area contributed by atoms with Crippen LogP contribution in [0.15, 0.2) is 0 Å². The highest BCUT2D eigenvalue weighted by molar-refractivity contribution is 5.69. The molecular weight excluding hydrogens is 352 g/mol. The number of rotatable bonds is 4. The average Bonchev–Trinajstić information content (AvgIpc) is 2.70. The Labute approximate surface area is 166 Å². The van der Waals surface area contributed by atoms with Gasteiger partial charge in [-0.3, -0.25) is 4.79 Å². The zero-order valence-electron chi connectivity index (χ0n) is 16.5. The maximum Gasteiger partial charge on any atom is 0.303 e. The molecule has 2 aliphatic carbocycles. The number of nitrogens with zero attached hydrogens (tertiary/aromatic N) is 4. The van der Waals surface area contributed by atoms with Crippen LogP contribution in [0.3, 0.4) is 0 Å². The van der Waals surface area contributed by atoms with Gasteiger partial charge >= 0.3 is 5.97 Å². The van der Waals surface area contributed by atoms with Crippen molar-refractivity contribution in [2.75, 3.05) is 29.4 Å². The number of carbonyl (C=O) groups is 1. The number of nitriles is 1. The van der Waals surface area contributed by atoms with Crippen LogP contribution in [0.1, 0.15) is 55.7 Å². The minimum atomic E-state index is -0.670. The van der Waals surface area contributed by atoms with E-state index in [1.165, 1.54) is 11.1 Å². The summed E-state index contributed by atoms with van der Waals surface area (Å²) in [4.78, 5) is 21.0. The SMILES string of the molecule is C[C@H]1CCN1c1nc(N2CC3CC(C2)C3CC(=O)O)c2c(c1C#N)CCCC2. The summed E-state index contributed by atoms with van der Waals surface area (Å²) in [6.45, 7) is 5.01. The molecule has 1 aromatic heterocycles. The number of fused-ring (bicyclic) bond motifs is 3. The van der Waals surface area contributed by atoms with Gasteiger partial charge in [-0.05, 0) is 74.3 Å². The largest absolute Gasteiger partial charge is 0.481 e. The Morgan fingerprint density at radius 1 is 1.21 bits per heavy atom. The average molecular weight is 380 g/mol. The molecule has 5 aliphatic rings. The molecule has 2 bridgehead atoms. The third-order valence-corrected chi connectivity index (χ3v) is 7.61. The monoisotopic (exact) mass is 380 g/mol. The maximum atomic E-state index is 11.2. The van der Waals surface area contributed by atoms with Crippen LogP contribution in [0.25, 0.3) is 0 Å². The number of anilines is 2. The molecule has 0 aromatic carbocycles. The Balaban J connectivity index is 1.51. The molecule has 28 heavy (non-hydrogen) atoms. The van der Waals surface area contributed by atoms with Gasteiger partial charge in [0.2, 0.25) is 0 Å². The van der Waals surface area contributed by atoms with Crippen molar-refractivity contribution in [1.29, 1.82) is 5.26 Å². The molecule has 148 valence electrons. The van der Waals surface area contributed by atoms with Gasteiger partial charge < -0.3 is 14.9 Å². The van der Waals surface area contributed by atoms with E-state index in [1.54, 1.807) is 0 Å². The Morgan fingerprint density at radius 2 is 1.93 bits per heavy atom. The third-order valence-electron chi connectivity index (χ3n) is 7.61. The number of aromatic nitrogens is 1. The van der Waals surface area contributed by atoms with Crippen molar-refractivity contribution in [2.45, 2.75) is 57.9 Å². The van der Waals surface area contributed by atoms with E-state index in [4.69, 9.17) is 4.98 Å². The van der Waals surface area contributed by atoms with Gasteiger partial charge in [-0.2, -0.15) is 5.26 Å². The van der Waals surface area contributed by atoms with Crippen LogP contribution in [-0.4, -0.2) is 41.7 Å². The van der Waals surface area contributed by atoms with Crippen molar-refractivity contribution >= 4 is 17.6 Å². The molecule has 6 heteroatoms. The summed E-state index contributed by atoms with van der Waals surface area (Å²) in [5.74, 6) is 2.58. The Morgan fingerprint density at radius 3 is 2.50 bits per heavy atom. The lowest BCUT2D eigenvalue weighted by Gasteiger charge is -2.54. The van der Waals surface area contributed by atoms with Crippen molar-refractivity contribution in [3.8, 4) is 6.07 Å². The molecule has 4 heterocycles. The Kier molecular flexibility index (Phi) is 4.22. The first kappa shape index (κ1) is 17.8. The molecule has 2 unspecified atom stereocenters. The van der Waals surface area contributed by atoms with Crippen molar-refractivity contribution < 1.29 is 9.90 Å². The first-order valence-corrected chi connectivity index (χ1v) is 10.8. The van der Waals surface area contributed by atoms with Crippen LogP contribution in [0.2, 0.25) is 0 Å². The van der Waals surface area contributed by atoms with Gasteiger partial charge in [0.25, 0.3) is 0 Å². The molecule has 0 spiro atoms. The van der Waals surface area contributed by atoms with Crippen LogP contribution in [0.4, 0.5) is 11.6 Å². The summed E-state index contributed by atoms with van der Waals surface area (Å²) in [5, 5.41) is 19.1. The predicted molar refractivity (Wildman–Crippen MR) is 107 cm³/mol. The van der Waals surface area contributed by atoms with Gasteiger partial charge in [-0.1, -0.05) is 0 Å². The van der Waals surface area contributed by atoms with Crippen LogP contribution in [0, 0.1) is 29.1 Å². The summed E-state index contributed by atoms with van der Waals surface area (Å²) < 4.78 is 0. The van der Waals surface area contributed by atoms with Crippen LogP contribution in [-0.2, 0) is 17.6 Å². The van der Waals surface area contributed by atoms with E-state index in [2.05, 4.69) is 22.8 Å². The lowest BCUT2D eigenvalue weighted by molar-refractivity contribution is -0.141. The molecule has 1 saturated carbocycles. The molecule has 1 aromatic rings. The molecule has 1 N–H and O–H groups in total. The maximum absolute atomic E-state index is 11.2. The number of carboxylic acids is 1. The summed E-state index contributed by atoms with van der Waals surface area (Å²) in [6, 6.07) is 2.93. The van der Waals surface area contributed by atoms with E-state index < -0.39 is 5.97 Å². The minimum Gasteiger partial charge on any atom is -0.481 e. The molecule has 4 fully saturated rings. The molecule has 3 atom stereocenters. The highest BCUT2D eigenvalue weighted by Gasteiger charge is 2.48. The second kappa shape index (κ2) is 6.65. The van der Waals surface area contributed by atoms with Gasteiger partial charge in [0, 0.05) is 32.1 Å². The van der Waals surface area contributed by atoms with E-state index in [0.29, 0.717) is 30.2 Å². The fourth-order valence-electron chi connectivity index (χ4n) is 5.90. The topological polar surface area (TPSA) is 80.5 Å². The quantitative estimate of drug-likeness (QED) is 0.865. The predicted octanol–water partition coefficient (Wildman–Crippen LogP) is 2.98. The molecule has 6 nitrogen and oxygen atoms in total. The first-order chi connectivity index (χ1) is 13.6. The fraction of sp³-hybridized carbons (Fsp3) is 0.682. The fourth-order valence-corrected chi connectivity index (χ4v) is 5.90. The molecular formula is C22H28N4O2. The number of pyridine rings is 1. The zero-order valence-corrected chi connectivity index (χ0v) is 16.5. The highest BCUT2D eigenvalue weighted by Crippen LogP contribution is 2.49. The number of carboxylic acid groups (broad SMARTS) is 1. The summed E-state index contributed by atoms with van der Waals surface area (Å²) in [5.41, 5.74) is 3.32. The Bertz CT molecular complexity index is 849. The normalized spacial score (nSPS) is 30.7. The van der Waals surface area contributed by atoms with E-state index in [0.717, 1.165) is 75.4 Å². The first-order valence-electron chi connectivity index (χ1n) is 10.8. The van der Waals surface area contributed by atoms with Gasteiger partial charge in [-0.25, -0.2) is 4.98 Å². The van der Waals surface area contributed by atoms with Crippen LogP contribution in [0.5, 0.6) is 0 Å². The van der Waals surface area contributed by atoms with Crippen molar-refractivity contribution in [2.24, 2.45) is 17.8 Å². The zero-order chi connectivity index (χ0) is 19.4. The molecule has 0 amide bonds. The van der Waals surface area contributed by atoms with Gasteiger partial charge in [0.1, 0.15) is 17.7 Å². The number of aliphatic carboxylic acids is 1. The number of hydrogen-bond acceptors (Lipinski definition) is 5. The van der Waals surface area contributed by atoms with E-state index >= 15 is 0 Å². The van der Waals surface area contributed by atoms with Gasteiger partial charge in [0.15, 0.2) is 0 Å². The summed E-state index contributed by atoms with van der Waals surface area (Å²) >= 11 is 0. The third kappa shape index (κ3) is 2.67. The van der Waals surface area contributed by atoms with E-state index in [1.807, 2.05) is 0 Å². The number of hydrogen-bond donors (Lipinski definition) is 1. The smallest absolute Gasteiger partial charge is 0.303 e. The summed E-state index contributed by atoms with van der Waals surface area (Å²) in [7, 11) is 0. The van der Waals surface area contributed by atoms with Crippen molar-refractivity contribution in [1.82, 2.24) is 4.98 Å². The Hall–Kier alpha value is -2.29. The van der Waals surface area contributed by atoms with Crippen LogP contribution >= 0.6 is 0 Å². The van der Waals surface area contributed by atoms with E-state index in [9.17, 15) is 15.2 Å². The van der Waals surface area contributed by atoms with Gasteiger partial charge in [-0.15, -0.1) is 0 Å². The minimum absolute atomic E-state index is 0.304. The second-order valence-electron chi connectivity index (χ2n) is 9.16. The molecule has 3 aliphatic heterocycles. The van der Waals surface area contributed by atoms with Crippen molar-refractivity contribution in [3.63, 3.8) is 0 Å². The standard InChI is InChI=1S/C22H28N4O2/c1-13-6-7-26(13)22-19(10-23)16-4-2-3-5-17(16)21(24-22)25-11-14-8-15(12-25)18(14)9-20(27)28/h13-15,18H,2-9,11-12H2,1H3,(H,27,28)/t13-,14?,15?,18?/m0/s1. The lowest BCUT2D eigenvalue weighted by atomic mass is 9.60. The highest BCUT2D eigenvalue weighted by atomic mass is 16.4. The molecule has 3 saturated heterocycles. The summed E-state index contributed by atoms with van der Waals surface area (Å²) in [6.07, 6.45) is 6.91. The number of piperidine rings is 2. The van der Waals surface area contributed by atoms with E-state index in [-0.39, 0.29) is 0 Å². The lowest BCUT2D eigenvalue weighted by Crippen LogP contribution is -2.56. The second-order valence-corrected chi connectivity index (χ2v) is 9.16. The van der Waals surface area contributed by atoms with Crippen LogP contribution < -0.4 is 9.80 Å². The molecule has 0 radical (unpaired) electrons. The van der Waals surface area contributed by atoms with Crippen molar-refractivity contribution in [3.05, 3.63) is 16.7 Å². The molecule has 6 rings (SSSR count). The van der Waals surface area contributed by atoms with Gasteiger partial charge in [0.05, 0.1) is 5.56 Å².